The summed E-state index contributed by atoms with van der Waals surface area (Å²) in [5.41, 5.74) is 0. The molecule has 6 N–H and O–H groups in total. The second-order valence-corrected chi connectivity index (χ2v) is 17.3. The molecule has 0 aromatic carbocycles. The molecule has 328 valence electrons. The predicted octanol–water partition coefficient (Wildman–Crippen LogP) is 8.59. The van der Waals surface area contributed by atoms with Gasteiger partial charge >= 0.3 is 13.8 Å². The molecule has 1 rings (SSSR count). The van der Waals surface area contributed by atoms with Gasteiger partial charge in [-0.1, -0.05) is 181 Å². The third-order valence-corrected chi connectivity index (χ3v) is 11.7. The lowest BCUT2D eigenvalue weighted by Gasteiger charge is -2.41. The number of unbranched alkanes of at least 4 members (excludes halogenated alkanes) is 26. The van der Waals surface area contributed by atoms with E-state index in [9.17, 15) is 39.8 Å². The lowest BCUT2D eigenvalue weighted by atomic mass is 9.85. The summed E-state index contributed by atoms with van der Waals surface area (Å²) in [6, 6.07) is 0. The highest BCUT2D eigenvalue weighted by atomic mass is 31.2. The molecule has 0 spiro atoms. The van der Waals surface area contributed by atoms with Crippen molar-refractivity contribution in [2.75, 3.05) is 19.8 Å². The summed E-state index contributed by atoms with van der Waals surface area (Å²) in [4.78, 5) is 23.1. The number of phosphoric acid groups is 1. The molecule has 0 bridgehead atoms. The number of phosphoric ester groups is 1. The average molecular weight is 811 g/mol. The van der Waals surface area contributed by atoms with Crippen molar-refractivity contribution in [3.8, 4) is 0 Å². The van der Waals surface area contributed by atoms with Crippen LogP contribution in [0.5, 0.6) is 0 Å². The topological polar surface area (TPSA) is 192 Å². The van der Waals surface area contributed by atoms with Crippen LogP contribution in [0.2, 0.25) is 0 Å². The van der Waals surface area contributed by atoms with Gasteiger partial charge in [0.1, 0.15) is 42.7 Å². The molecule has 0 heterocycles. The smallest absolute Gasteiger partial charge is 0.457 e. The van der Waals surface area contributed by atoms with Gasteiger partial charge in [0.2, 0.25) is 0 Å². The Morgan fingerprint density at radius 3 is 1.25 bits per heavy atom. The quantitative estimate of drug-likeness (QED) is 0.0198. The number of carbonyl (C=O) groups excluding carboxylic acids is 1. The van der Waals surface area contributed by atoms with Crippen LogP contribution in [0.1, 0.15) is 200 Å². The summed E-state index contributed by atoms with van der Waals surface area (Å²) < 4.78 is 34.1. The van der Waals surface area contributed by atoms with Crippen LogP contribution in [0.4, 0.5) is 0 Å². The first-order valence-corrected chi connectivity index (χ1v) is 23.9. The highest BCUT2D eigenvalue weighted by molar-refractivity contribution is 7.47. The van der Waals surface area contributed by atoms with Gasteiger partial charge in [0, 0.05) is 13.0 Å². The zero-order valence-electron chi connectivity index (χ0n) is 34.7. The molecule has 0 aromatic heterocycles. The molecular formula is C42H83O12P. The van der Waals surface area contributed by atoms with Gasteiger partial charge < -0.3 is 39.9 Å². The summed E-state index contributed by atoms with van der Waals surface area (Å²) >= 11 is 0. The third kappa shape index (κ3) is 26.9. The summed E-state index contributed by atoms with van der Waals surface area (Å²) in [5.74, 6) is -0.472. The van der Waals surface area contributed by atoms with Gasteiger partial charge in [-0.15, -0.1) is 0 Å². The number of hydrogen-bond donors (Lipinski definition) is 6. The number of ether oxygens (including phenoxy) is 2. The molecule has 12 nitrogen and oxygen atoms in total. The number of carbonyl (C=O) groups is 1. The van der Waals surface area contributed by atoms with Crippen LogP contribution in [-0.2, 0) is 27.9 Å². The molecule has 0 aliphatic heterocycles. The normalized spacial score (nSPS) is 23.1. The summed E-state index contributed by atoms with van der Waals surface area (Å²) in [6.45, 7) is 4.28. The molecule has 0 radical (unpaired) electrons. The molecular weight excluding hydrogens is 727 g/mol. The van der Waals surface area contributed by atoms with Gasteiger partial charge in [0.25, 0.3) is 0 Å². The fourth-order valence-corrected chi connectivity index (χ4v) is 8.09. The van der Waals surface area contributed by atoms with E-state index in [0.717, 1.165) is 38.5 Å². The Labute approximate surface area is 334 Å². The molecule has 1 saturated carbocycles. The Kier molecular flexibility index (Phi) is 32.6. The van der Waals surface area contributed by atoms with E-state index in [2.05, 4.69) is 13.8 Å². The first-order chi connectivity index (χ1) is 26.5. The molecule has 1 fully saturated rings. The molecule has 13 heteroatoms. The lowest BCUT2D eigenvalue weighted by Crippen LogP contribution is -2.64. The number of aliphatic hydroxyl groups excluding tert-OH is 5. The molecule has 0 saturated heterocycles. The van der Waals surface area contributed by atoms with E-state index >= 15 is 0 Å². The highest BCUT2D eigenvalue weighted by Gasteiger charge is 2.51. The van der Waals surface area contributed by atoms with Crippen LogP contribution in [0, 0.1) is 0 Å². The average Bonchev–Trinajstić information content (AvgIpc) is 3.17. The van der Waals surface area contributed by atoms with Crippen molar-refractivity contribution < 1.29 is 58.3 Å². The largest absolute Gasteiger partial charge is 0.472 e. The molecule has 6 atom stereocenters. The summed E-state index contributed by atoms with van der Waals surface area (Å²) in [5, 5.41) is 50.1. The van der Waals surface area contributed by atoms with Gasteiger partial charge in [0.15, 0.2) is 0 Å². The standard InChI is InChI=1S/C42H83O12P/c1-3-5-7-9-11-13-15-17-18-19-20-21-23-25-27-29-31-36(43)53-35(33-51-32-30-28-26-24-22-16-14-12-10-8-6-4-2)34-52-55(49,50)54-42-40(47)38(45)37(44)39(46)41(42)48/h35,37-42,44-48H,3-34H2,1-2H3,(H,49,50). The van der Waals surface area contributed by atoms with Crippen LogP contribution in [-0.4, -0.2) is 98.9 Å². The minimum Gasteiger partial charge on any atom is -0.457 e. The first kappa shape index (κ1) is 52.4. The zero-order chi connectivity index (χ0) is 40.6. The molecule has 0 aromatic rings. The van der Waals surface area contributed by atoms with Gasteiger partial charge in [0.05, 0.1) is 13.2 Å². The highest BCUT2D eigenvalue weighted by Crippen LogP contribution is 2.47. The van der Waals surface area contributed by atoms with E-state index in [1.54, 1.807) is 0 Å². The van der Waals surface area contributed by atoms with Crippen molar-refractivity contribution in [2.45, 2.75) is 243 Å². The Morgan fingerprint density at radius 2 is 0.855 bits per heavy atom. The monoisotopic (exact) mass is 811 g/mol. The van der Waals surface area contributed by atoms with Gasteiger partial charge in [-0.25, -0.2) is 4.57 Å². The van der Waals surface area contributed by atoms with Gasteiger partial charge in [-0.05, 0) is 12.8 Å². The van der Waals surface area contributed by atoms with Crippen LogP contribution < -0.4 is 0 Å². The van der Waals surface area contributed by atoms with E-state index < -0.39 is 63.1 Å². The second kappa shape index (κ2) is 34.2. The maximum atomic E-state index is 12.8. The minimum atomic E-state index is -5.00. The maximum Gasteiger partial charge on any atom is 0.472 e. The van der Waals surface area contributed by atoms with Crippen LogP contribution in [0.3, 0.4) is 0 Å². The SMILES string of the molecule is CCCCCCCCCCCCCCCCCCC(=O)OC(COCCCCCCCCCCCCCC)COP(=O)(O)OC1C(O)C(O)C(O)C(O)C1O. The van der Waals surface area contributed by atoms with Gasteiger partial charge in [-0.2, -0.15) is 0 Å². The van der Waals surface area contributed by atoms with Crippen molar-refractivity contribution in [3.05, 3.63) is 0 Å². The van der Waals surface area contributed by atoms with Crippen molar-refractivity contribution in [2.24, 2.45) is 0 Å². The number of aliphatic hydroxyl groups is 5. The number of esters is 1. The van der Waals surface area contributed by atoms with Crippen LogP contribution in [0.25, 0.3) is 0 Å². The molecule has 55 heavy (non-hydrogen) atoms. The van der Waals surface area contributed by atoms with Crippen molar-refractivity contribution in [1.82, 2.24) is 0 Å². The van der Waals surface area contributed by atoms with E-state index in [0.29, 0.717) is 13.0 Å². The van der Waals surface area contributed by atoms with Crippen LogP contribution >= 0.6 is 7.82 Å². The van der Waals surface area contributed by atoms with E-state index in [-0.39, 0.29) is 13.0 Å². The Bertz CT molecular complexity index is 926. The fraction of sp³-hybridized carbons (Fsp3) is 0.976. The number of hydrogen-bond acceptors (Lipinski definition) is 11. The second-order valence-electron chi connectivity index (χ2n) is 15.9. The van der Waals surface area contributed by atoms with E-state index in [4.69, 9.17) is 18.5 Å². The summed E-state index contributed by atoms with van der Waals surface area (Å²) in [7, 11) is -5.00. The molecule has 1 aliphatic rings. The first-order valence-electron chi connectivity index (χ1n) is 22.4. The molecule has 6 unspecified atom stereocenters. The maximum absolute atomic E-state index is 12.8. The predicted molar refractivity (Wildman–Crippen MR) is 217 cm³/mol. The minimum absolute atomic E-state index is 0.0684. The van der Waals surface area contributed by atoms with Crippen molar-refractivity contribution in [3.63, 3.8) is 0 Å². The van der Waals surface area contributed by atoms with E-state index in [1.807, 2.05) is 0 Å². The zero-order valence-corrected chi connectivity index (χ0v) is 35.6. The number of rotatable bonds is 38. The molecule has 0 amide bonds. The Morgan fingerprint density at radius 1 is 0.509 bits per heavy atom. The fourth-order valence-electron chi connectivity index (χ4n) is 7.12. The van der Waals surface area contributed by atoms with E-state index in [1.165, 1.54) is 135 Å². The van der Waals surface area contributed by atoms with Crippen molar-refractivity contribution in [1.29, 1.82) is 0 Å². The molecule has 1 aliphatic carbocycles. The lowest BCUT2D eigenvalue weighted by molar-refractivity contribution is -0.220. The third-order valence-electron chi connectivity index (χ3n) is 10.7. The van der Waals surface area contributed by atoms with Crippen LogP contribution in [0.15, 0.2) is 0 Å². The van der Waals surface area contributed by atoms with Gasteiger partial charge in [-0.3, -0.25) is 13.8 Å². The summed E-state index contributed by atoms with van der Waals surface area (Å²) in [6.07, 6.45) is 21.7. The van der Waals surface area contributed by atoms with Crippen molar-refractivity contribution >= 4 is 13.8 Å². The Balaban J connectivity index is 2.39. The Hall–Kier alpha value is -0.660.